The van der Waals surface area contributed by atoms with Crippen LogP contribution in [0, 0.1) is 11.8 Å². The lowest BCUT2D eigenvalue weighted by Gasteiger charge is -2.30. The third kappa shape index (κ3) is 4.47. The number of hydrogen-bond acceptors (Lipinski definition) is 5. The number of rotatable bonds is 5. The highest BCUT2D eigenvalue weighted by atomic mass is 35.5. The highest BCUT2D eigenvalue weighted by Crippen LogP contribution is 2.30. The minimum Gasteiger partial charge on any atom is -0.460 e. The lowest BCUT2D eigenvalue weighted by Crippen LogP contribution is -2.29. The van der Waals surface area contributed by atoms with E-state index in [0.29, 0.717) is 23.8 Å². The smallest absolute Gasteiger partial charge is 0.322 e. The molecule has 0 amide bonds. The molecule has 1 heterocycles. The number of nitrogens with one attached hydrogen (secondary N) is 1. The average Bonchev–Trinajstić information content (AvgIpc) is 2.34. The molecule has 20 heavy (non-hydrogen) atoms. The van der Waals surface area contributed by atoms with Gasteiger partial charge in [-0.15, -0.1) is 0 Å². The van der Waals surface area contributed by atoms with Crippen molar-refractivity contribution in [2.75, 3.05) is 11.9 Å². The molecule has 0 aromatic carbocycles. The molecule has 6 heteroatoms. The predicted molar refractivity (Wildman–Crippen MR) is 80.2 cm³/mol. The zero-order chi connectivity index (χ0) is 14.5. The van der Waals surface area contributed by atoms with E-state index in [-0.39, 0.29) is 11.4 Å². The molecule has 2 unspecified atom stereocenters. The maximum Gasteiger partial charge on any atom is 0.322 e. The Morgan fingerprint density at radius 2 is 1.85 bits per heavy atom. The second-order valence-electron chi connectivity index (χ2n) is 5.79. The van der Waals surface area contributed by atoms with Crippen molar-refractivity contribution in [1.82, 2.24) is 15.0 Å². The summed E-state index contributed by atoms with van der Waals surface area (Å²) in [7, 11) is 0. The summed E-state index contributed by atoms with van der Waals surface area (Å²) >= 11 is 5.92. The molecule has 1 aliphatic carbocycles. The Morgan fingerprint density at radius 3 is 2.50 bits per heavy atom. The summed E-state index contributed by atoms with van der Waals surface area (Å²) in [5.74, 6) is 1.84. The summed E-state index contributed by atoms with van der Waals surface area (Å²) < 4.78 is 5.91. The fourth-order valence-electron chi connectivity index (χ4n) is 2.82. The van der Waals surface area contributed by atoms with Crippen LogP contribution in [0.25, 0.3) is 0 Å². The number of nitrogens with zero attached hydrogens (tertiary/aromatic N) is 3. The van der Waals surface area contributed by atoms with Gasteiger partial charge in [0.15, 0.2) is 0 Å². The summed E-state index contributed by atoms with van der Waals surface area (Å²) in [5.41, 5.74) is 0. The van der Waals surface area contributed by atoms with Gasteiger partial charge in [-0.3, -0.25) is 0 Å². The van der Waals surface area contributed by atoms with Gasteiger partial charge in [0.05, 0.1) is 0 Å². The SMILES string of the molecule is CCCNc1nc(Cl)nc(OC2CC(C)CC(C)C2)n1. The molecular weight excluding hydrogens is 276 g/mol. The summed E-state index contributed by atoms with van der Waals surface area (Å²) in [5, 5.41) is 3.28. The van der Waals surface area contributed by atoms with Crippen LogP contribution < -0.4 is 10.1 Å². The molecule has 1 saturated carbocycles. The Labute approximate surface area is 125 Å². The van der Waals surface area contributed by atoms with Crippen molar-refractivity contribution < 1.29 is 4.74 Å². The average molecular weight is 299 g/mol. The van der Waals surface area contributed by atoms with Crippen LogP contribution in [0.2, 0.25) is 5.28 Å². The first kappa shape index (κ1) is 15.3. The summed E-state index contributed by atoms with van der Waals surface area (Å²) in [4.78, 5) is 12.4. The summed E-state index contributed by atoms with van der Waals surface area (Å²) in [6.07, 6.45) is 4.53. The van der Waals surface area contributed by atoms with E-state index in [4.69, 9.17) is 16.3 Å². The van der Waals surface area contributed by atoms with Crippen molar-refractivity contribution in [2.45, 2.75) is 52.6 Å². The van der Waals surface area contributed by atoms with E-state index >= 15 is 0 Å². The van der Waals surface area contributed by atoms with Gasteiger partial charge < -0.3 is 10.1 Å². The number of aromatic nitrogens is 3. The van der Waals surface area contributed by atoms with Gasteiger partial charge in [0.25, 0.3) is 0 Å². The summed E-state index contributed by atoms with van der Waals surface area (Å²) in [6.45, 7) is 7.41. The van der Waals surface area contributed by atoms with Gasteiger partial charge in [-0.25, -0.2) is 0 Å². The third-order valence-corrected chi connectivity index (χ3v) is 3.70. The maximum absolute atomic E-state index is 5.92. The van der Waals surface area contributed by atoms with Gasteiger partial charge in [-0.2, -0.15) is 15.0 Å². The van der Waals surface area contributed by atoms with Crippen LogP contribution in [-0.4, -0.2) is 27.6 Å². The normalized spacial score (nSPS) is 26.3. The van der Waals surface area contributed by atoms with Crippen molar-refractivity contribution in [3.63, 3.8) is 0 Å². The largest absolute Gasteiger partial charge is 0.460 e. The van der Waals surface area contributed by atoms with E-state index in [1.807, 2.05) is 0 Å². The van der Waals surface area contributed by atoms with Crippen LogP contribution in [0.1, 0.15) is 46.5 Å². The molecule has 2 rings (SSSR count). The van der Waals surface area contributed by atoms with E-state index < -0.39 is 0 Å². The Morgan fingerprint density at radius 1 is 1.15 bits per heavy atom. The minimum atomic E-state index is 0.172. The van der Waals surface area contributed by atoms with Crippen LogP contribution in [-0.2, 0) is 0 Å². The Kier molecular flexibility index (Phi) is 5.40. The molecule has 1 N–H and O–H groups in total. The number of hydrogen-bond donors (Lipinski definition) is 1. The summed E-state index contributed by atoms with van der Waals surface area (Å²) in [6, 6.07) is 0.329. The molecule has 0 bridgehead atoms. The van der Waals surface area contributed by atoms with Crippen molar-refractivity contribution >= 4 is 17.5 Å². The first-order valence-electron chi connectivity index (χ1n) is 7.39. The van der Waals surface area contributed by atoms with E-state index in [0.717, 1.165) is 25.8 Å². The van der Waals surface area contributed by atoms with Crippen molar-refractivity contribution in [1.29, 1.82) is 0 Å². The predicted octanol–water partition coefficient (Wildman–Crippen LogP) is 3.55. The minimum absolute atomic E-state index is 0.172. The van der Waals surface area contributed by atoms with Crippen LogP contribution >= 0.6 is 11.6 Å². The zero-order valence-corrected chi connectivity index (χ0v) is 13.2. The van der Waals surface area contributed by atoms with Crippen LogP contribution in [0.15, 0.2) is 0 Å². The topological polar surface area (TPSA) is 59.9 Å². The molecule has 1 aliphatic rings. The Balaban J connectivity index is 2.02. The van der Waals surface area contributed by atoms with Crippen molar-refractivity contribution in [3.8, 4) is 6.01 Å². The lowest BCUT2D eigenvalue weighted by molar-refractivity contribution is 0.0919. The van der Waals surface area contributed by atoms with E-state index in [2.05, 4.69) is 41.0 Å². The van der Waals surface area contributed by atoms with Crippen LogP contribution in [0.4, 0.5) is 5.95 Å². The quantitative estimate of drug-likeness (QED) is 0.901. The van der Waals surface area contributed by atoms with Gasteiger partial charge in [-0.1, -0.05) is 20.8 Å². The first-order chi connectivity index (χ1) is 9.56. The lowest BCUT2D eigenvalue weighted by atomic mass is 9.82. The molecule has 5 nitrogen and oxygen atoms in total. The number of ether oxygens (including phenoxy) is 1. The highest BCUT2D eigenvalue weighted by molar-refractivity contribution is 6.28. The number of halogens is 1. The second kappa shape index (κ2) is 7.07. The van der Waals surface area contributed by atoms with E-state index in [9.17, 15) is 0 Å². The Bertz CT molecular complexity index is 433. The van der Waals surface area contributed by atoms with Crippen molar-refractivity contribution in [3.05, 3.63) is 5.28 Å². The maximum atomic E-state index is 5.92. The van der Waals surface area contributed by atoms with Gasteiger partial charge in [0.2, 0.25) is 11.2 Å². The number of anilines is 1. The fourth-order valence-corrected chi connectivity index (χ4v) is 2.97. The van der Waals surface area contributed by atoms with Crippen LogP contribution in [0.3, 0.4) is 0 Å². The molecule has 112 valence electrons. The van der Waals surface area contributed by atoms with Gasteiger partial charge in [0, 0.05) is 6.54 Å². The molecule has 2 atom stereocenters. The molecule has 0 spiro atoms. The molecular formula is C14H23ClN4O. The first-order valence-corrected chi connectivity index (χ1v) is 7.76. The van der Waals surface area contributed by atoms with Crippen molar-refractivity contribution in [2.24, 2.45) is 11.8 Å². The van der Waals surface area contributed by atoms with E-state index in [1.54, 1.807) is 0 Å². The molecule has 1 aromatic rings. The van der Waals surface area contributed by atoms with Gasteiger partial charge >= 0.3 is 6.01 Å². The fraction of sp³-hybridized carbons (Fsp3) is 0.786. The van der Waals surface area contributed by atoms with Gasteiger partial charge in [-0.05, 0) is 49.1 Å². The third-order valence-electron chi connectivity index (χ3n) is 3.53. The molecule has 1 fully saturated rings. The van der Waals surface area contributed by atoms with Gasteiger partial charge in [0.1, 0.15) is 6.10 Å². The Hall–Kier alpha value is -1.10. The molecule has 0 radical (unpaired) electrons. The standard InChI is InChI=1S/C14H23ClN4O/c1-4-5-16-13-17-12(15)18-14(19-13)20-11-7-9(2)6-10(3)8-11/h9-11H,4-8H2,1-3H3,(H,16,17,18,19). The van der Waals surface area contributed by atoms with Crippen LogP contribution in [0.5, 0.6) is 6.01 Å². The molecule has 1 aromatic heterocycles. The zero-order valence-electron chi connectivity index (χ0n) is 12.4. The molecule has 0 aliphatic heterocycles. The molecule has 0 saturated heterocycles. The highest BCUT2D eigenvalue weighted by Gasteiger charge is 2.26. The second-order valence-corrected chi connectivity index (χ2v) is 6.13. The monoisotopic (exact) mass is 298 g/mol. The van der Waals surface area contributed by atoms with E-state index in [1.165, 1.54) is 6.42 Å².